The lowest BCUT2D eigenvalue weighted by Crippen LogP contribution is -2.50. The molecule has 1 saturated heterocycles. The molecule has 0 spiro atoms. The van der Waals surface area contributed by atoms with Gasteiger partial charge < -0.3 is 10.0 Å². The minimum absolute atomic E-state index is 0.0106. The first kappa shape index (κ1) is 17.7. The molecule has 0 radical (unpaired) electrons. The fourth-order valence-electron chi connectivity index (χ4n) is 2.54. The lowest BCUT2D eigenvalue weighted by Gasteiger charge is -2.36. The normalized spacial score (nSPS) is 21.9. The van der Waals surface area contributed by atoms with Crippen molar-refractivity contribution < 1.29 is 27.9 Å². The standard InChI is InChI=1S/C13H21F3N2O3/c1-3-17(8-13(14,15)16)11(19)10-5-4-6-18(7-10)9(2)12(20)21/h9-10H,3-8H2,1-2H3,(H,20,21). The smallest absolute Gasteiger partial charge is 0.406 e. The van der Waals surface area contributed by atoms with Gasteiger partial charge in [0.25, 0.3) is 0 Å². The van der Waals surface area contributed by atoms with Gasteiger partial charge in [0.15, 0.2) is 0 Å². The van der Waals surface area contributed by atoms with Crippen LogP contribution < -0.4 is 0 Å². The number of hydrogen-bond acceptors (Lipinski definition) is 3. The van der Waals surface area contributed by atoms with Crippen LogP contribution in [-0.4, -0.2) is 65.2 Å². The van der Waals surface area contributed by atoms with Crippen LogP contribution in [0.5, 0.6) is 0 Å². The molecule has 122 valence electrons. The second kappa shape index (κ2) is 7.11. The van der Waals surface area contributed by atoms with Gasteiger partial charge in [-0.25, -0.2) is 0 Å². The lowest BCUT2D eigenvalue weighted by atomic mass is 9.95. The Labute approximate surface area is 121 Å². The predicted octanol–water partition coefficient (Wildman–Crippen LogP) is 1.58. The molecule has 21 heavy (non-hydrogen) atoms. The highest BCUT2D eigenvalue weighted by atomic mass is 19.4. The number of amides is 1. The Balaban J connectivity index is 2.70. The minimum Gasteiger partial charge on any atom is -0.480 e. The lowest BCUT2D eigenvalue weighted by molar-refractivity contribution is -0.164. The first-order chi connectivity index (χ1) is 9.65. The number of carbonyl (C=O) groups excluding carboxylic acids is 1. The highest BCUT2D eigenvalue weighted by Gasteiger charge is 2.37. The summed E-state index contributed by atoms with van der Waals surface area (Å²) in [7, 11) is 0. The van der Waals surface area contributed by atoms with Crippen molar-refractivity contribution in [1.29, 1.82) is 0 Å². The predicted molar refractivity (Wildman–Crippen MR) is 69.7 cm³/mol. The average molecular weight is 310 g/mol. The van der Waals surface area contributed by atoms with Gasteiger partial charge in [-0.3, -0.25) is 14.5 Å². The molecule has 8 heteroatoms. The van der Waals surface area contributed by atoms with E-state index in [1.165, 1.54) is 13.8 Å². The second-order valence-corrected chi connectivity index (χ2v) is 5.32. The Morgan fingerprint density at radius 1 is 1.43 bits per heavy atom. The van der Waals surface area contributed by atoms with Crippen molar-refractivity contribution in [1.82, 2.24) is 9.80 Å². The molecule has 1 aliphatic rings. The number of carboxylic acids is 1. The third-order valence-corrected chi connectivity index (χ3v) is 3.77. The Kier molecular flexibility index (Phi) is 6.00. The molecule has 1 N–H and O–H groups in total. The molecule has 2 unspecified atom stereocenters. The zero-order valence-corrected chi connectivity index (χ0v) is 12.2. The van der Waals surface area contributed by atoms with Gasteiger partial charge in [0.1, 0.15) is 12.6 Å². The number of nitrogens with zero attached hydrogens (tertiary/aromatic N) is 2. The fourth-order valence-corrected chi connectivity index (χ4v) is 2.54. The summed E-state index contributed by atoms with van der Waals surface area (Å²) in [4.78, 5) is 25.6. The summed E-state index contributed by atoms with van der Waals surface area (Å²) in [5.74, 6) is -2.11. The zero-order chi connectivity index (χ0) is 16.2. The minimum atomic E-state index is -4.42. The molecular weight excluding hydrogens is 289 g/mol. The van der Waals surface area contributed by atoms with E-state index in [2.05, 4.69) is 0 Å². The SMILES string of the molecule is CCN(CC(F)(F)F)C(=O)C1CCCN(C(C)C(=O)O)C1. The molecule has 1 fully saturated rings. The summed E-state index contributed by atoms with van der Waals surface area (Å²) in [5, 5.41) is 8.98. The Morgan fingerprint density at radius 3 is 2.52 bits per heavy atom. The third-order valence-electron chi connectivity index (χ3n) is 3.77. The molecule has 0 bridgehead atoms. The van der Waals surface area contributed by atoms with Crippen molar-refractivity contribution >= 4 is 11.9 Å². The van der Waals surface area contributed by atoms with E-state index in [0.717, 1.165) is 4.90 Å². The number of hydrogen-bond donors (Lipinski definition) is 1. The summed E-state index contributed by atoms with van der Waals surface area (Å²) < 4.78 is 37.3. The molecule has 0 aromatic rings. The zero-order valence-electron chi connectivity index (χ0n) is 12.2. The van der Waals surface area contributed by atoms with E-state index in [1.807, 2.05) is 0 Å². The van der Waals surface area contributed by atoms with Crippen LogP contribution in [0.1, 0.15) is 26.7 Å². The summed E-state index contributed by atoms with van der Waals surface area (Å²) in [6.45, 7) is 2.49. The summed E-state index contributed by atoms with van der Waals surface area (Å²) in [6.07, 6.45) is -3.32. The van der Waals surface area contributed by atoms with Gasteiger partial charge >= 0.3 is 12.1 Å². The Morgan fingerprint density at radius 2 is 2.05 bits per heavy atom. The second-order valence-electron chi connectivity index (χ2n) is 5.32. The molecule has 5 nitrogen and oxygen atoms in total. The largest absolute Gasteiger partial charge is 0.480 e. The van der Waals surface area contributed by atoms with Crippen LogP contribution in [-0.2, 0) is 9.59 Å². The van der Waals surface area contributed by atoms with Gasteiger partial charge in [0.2, 0.25) is 5.91 Å². The Hall–Kier alpha value is -1.31. The van der Waals surface area contributed by atoms with Crippen LogP contribution in [0.15, 0.2) is 0 Å². The maximum Gasteiger partial charge on any atom is 0.406 e. The summed E-state index contributed by atoms with van der Waals surface area (Å²) in [5.41, 5.74) is 0. The van der Waals surface area contributed by atoms with Crippen LogP contribution in [0.25, 0.3) is 0 Å². The van der Waals surface area contributed by atoms with E-state index < -0.39 is 36.6 Å². The highest BCUT2D eigenvalue weighted by molar-refractivity contribution is 5.79. The number of alkyl halides is 3. The van der Waals surface area contributed by atoms with Crippen molar-refractivity contribution in [3.05, 3.63) is 0 Å². The van der Waals surface area contributed by atoms with Gasteiger partial charge in [0, 0.05) is 13.1 Å². The number of aliphatic carboxylic acids is 1. The van der Waals surface area contributed by atoms with E-state index in [9.17, 15) is 22.8 Å². The average Bonchev–Trinajstić information content (AvgIpc) is 2.42. The quantitative estimate of drug-likeness (QED) is 0.837. The van der Waals surface area contributed by atoms with E-state index in [4.69, 9.17) is 5.11 Å². The van der Waals surface area contributed by atoms with Crippen LogP contribution in [0.4, 0.5) is 13.2 Å². The molecule has 1 aliphatic heterocycles. The molecular formula is C13H21F3N2O3. The van der Waals surface area contributed by atoms with Crippen LogP contribution in [0.2, 0.25) is 0 Å². The van der Waals surface area contributed by atoms with Gasteiger partial charge in [-0.05, 0) is 33.2 Å². The van der Waals surface area contributed by atoms with Gasteiger partial charge in [-0.2, -0.15) is 13.2 Å². The van der Waals surface area contributed by atoms with Crippen molar-refractivity contribution in [2.45, 2.75) is 38.9 Å². The van der Waals surface area contributed by atoms with Crippen molar-refractivity contribution in [3.63, 3.8) is 0 Å². The van der Waals surface area contributed by atoms with Crippen LogP contribution in [0, 0.1) is 5.92 Å². The summed E-state index contributed by atoms with van der Waals surface area (Å²) in [6, 6.07) is -0.738. The fraction of sp³-hybridized carbons (Fsp3) is 0.846. The molecule has 1 amide bonds. The first-order valence-electron chi connectivity index (χ1n) is 6.98. The number of carboxylic acid groups (broad SMARTS) is 1. The van der Waals surface area contributed by atoms with Crippen LogP contribution >= 0.6 is 0 Å². The van der Waals surface area contributed by atoms with Gasteiger partial charge in [-0.15, -0.1) is 0 Å². The van der Waals surface area contributed by atoms with E-state index in [-0.39, 0.29) is 13.1 Å². The van der Waals surface area contributed by atoms with Crippen molar-refractivity contribution in [2.75, 3.05) is 26.2 Å². The van der Waals surface area contributed by atoms with Gasteiger partial charge in [-0.1, -0.05) is 0 Å². The monoisotopic (exact) mass is 310 g/mol. The number of halogens is 3. The Bertz CT molecular complexity index is 387. The van der Waals surface area contributed by atoms with Crippen molar-refractivity contribution in [3.8, 4) is 0 Å². The molecule has 2 atom stereocenters. The molecule has 0 aromatic heterocycles. The van der Waals surface area contributed by atoms with E-state index >= 15 is 0 Å². The van der Waals surface area contributed by atoms with Crippen molar-refractivity contribution in [2.24, 2.45) is 5.92 Å². The van der Waals surface area contributed by atoms with Gasteiger partial charge in [0.05, 0.1) is 5.92 Å². The number of rotatable bonds is 5. The highest BCUT2D eigenvalue weighted by Crippen LogP contribution is 2.23. The molecule has 0 aromatic carbocycles. The number of piperidine rings is 1. The maximum absolute atomic E-state index is 12.4. The van der Waals surface area contributed by atoms with E-state index in [1.54, 1.807) is 4.90 Å². The third kappa shape index (κ3) is 5.18. The molecule has 1 rings (SSSR count). The maximum atomic E-state index is 12.4. The van der Waals surface area contributed by atoms with E-state index in [0.29, 0.717) is 19.4 Å². The topological polar surface area (TPSA) is 60.9 Å². The molecule has 0 aliphatic carbocycles. The molecule has 1 heterocycles. The number of carbonyl (C=O) groups is 2. The summed E-state index contributed by atoms with van der Waals surface area (Å²) >= 11 is 0. The molecule has 0 saturated carbocycles. The first-order valence-corrected chi connectivity index (χ1v) is 6.98. The van der Waals surface area contributed by atoms with Crippen LogP contribution in [0.3, 0.4) is 0 Å². The number of likely N-dealkylation sites (tertiary alicyclic amines) is 1.